The Morgan fingerprint density at radius 2 is 2.00 bits per heavy atom. The number of thiophene rings is 1. The van der Waals surface area contributed by atoms with Crippen molar-refractivity contribution in [3.8, 4) is 0 Å². The molecule has 88 valence electrons. The molecule has 0 amide bonds. The van der Waals surface area contributed by atoms with Crippen LogP contribution in [-0.4, -0.2) is 6.18 Å². The first kappa shape index (κ1) is 14.7. The fourth-order valence-electron chi connectivity index (χ4n) is 1.11. The molecule has 1 aromatic rings. The second-order valence-corrected chi connectivity index (χ2v) is 4.53. The van der Waals surface area contributed by atoms with Crippen LogP contribution in [0.1, 0.15) is 28.6 Å². The summed E-state index contributed by atoms with van der Waals surface area (Å²) in [6.07, 6.45) is -4.96. The number of hydrogen-bond acceptors (Lipinski definition) is 2. The summed E-state index contributed by atoms with van der Waals surface area (Å²) in [5, 5.41) is 0. The van der Waals surface area contributed by atoms with Gasteiger partial charge in [-0.1, -0.05) is 0 Å². The predicted octanol–water partition coefficient (Wildman–Crippen LogP) is 3.82. The summed E-state index contributed by atoms with van der Waals surface area (Å²) in [5.74, 6) is 0. The highest BCUT2D eigenvalue weighted by Gasteiger charge is 2.27. The molecular formula is C9H13ClF3NS. The molecule has 0 aliphatic rings. The third-order valence-electron chi connectivity index (χ3n) is 1.87. The van der Waals surface area contributed by atoms with Crippen molar-refractivity contribution in [2.45, 2.75) is 32.0 Å². The van der Waals surface area contributed by atoms with Crippen LogP contribution in [-0.2, 0) is 0 Å². The lowest BCUT2D eigenvalue weighted by molar-refractivity contribution is -0.136. The lowest BCUT2D eigenvalue weighted by atomic mass is 10.1. The second-order valence-electron chi connectivity index (χ2n) is 3.21. The van der Waals surface area contributed by atoms with E-state index in [9.17, 15) is 13.2 Å². The predicted molar refractivity (Wildman–Crippen MR) is 58.5 cm³/mol. The van der Waals surface area contributed by atoms with E-state index in [-0.39, 0.29) is 18.8 Å². The molecule has 2 N–H and O–H groups in total. The fourth-order valence-corrected chi connectivity index (χ4v) is 2.03. The van der Waals surface area contributed by atoms with Gasteiger partial charge in [0.2, 0.25) is 0 Å². The van der Waals surface area contributed by atoms with Crippen LogP contribution < -0.4 is 5.73 Å². The molecule has 0 spiro atoms. The maximum atomic E-state index is 11.9. The molecule has 1 heterocycles. The van der Waals surface area contributed by atoms with Crippen LogP contribution in [0, 0.1) is 6.92 Å². The van der Waals surface area contributed by atoms with E-state index in [0.717, 1.165) is 9.75 Å². The number of hydrogen-bond donors (Lipinski definition) is 1. The molecule has 1 atom stereocenters. The highest BCUT2D eigenvalue weighted by Crippen LogP contribution is 2.29. The minimum Gasteiger partial charge on any atom is -0.323 e. The largest absolute Gasteiger partial charge is 0.389 e. The van der Waals surface area contributed by atoms with Gasteiger partial charge in [-0.2, -0.15) is 13.2 Å². The van der Waals surface area contributed by atoms with Crippen LogP contribution in [0.5, 0.6) is 0 Å². The molecule has 0 saturated carbocycles. The quantitative estimate of drug-likeness (QED) is 0.877. The molecule has 0 fully saturated rings. The van der Waals surface area contributed by atoms with Crippen molar-refractivity contribution >= 4 is 23.7 Å². The van der Waals surface area contributed by atoms with Crippen molar-refractivity contribution < 1.29 is 13.2 Å². The molecule has 0 aromatic carbocycles. The Balaban J connectivity index is 0.00000196. The Labute approximate surface area is 96.9 Å². The molecule has 1 aromatic heterocycles. The monoisotopic (exact) mass is 259 g/mol. The first-order valence-corrected chi connectivity index (χ1v) is 5.09. The van der Waals surface area contributed by atoms with Crippen LogP contribution >= 0.6 is 23.7 Å². The summed E-state index contributed by atoms with van der Waals surface area (Å²) in [5.41, 5.74) is 5.63. The van der Waals surface area contributed by atoms with Crippen molar-refractivity contribution in [3.05, 3.63) is 21.9 Å². The number of alkyl halides is 3. The summed E-state index contributed by atoms with van der Waals surface area (Å²) < 4.78 is 35.7. The van der Waals surface area contributed by atoms with Crippen LogP contribution in [0.15, 0.2) is 12.1 Å². The molecule has 0 unspecified atom stereocenters. The molecule has 1 nitrogen and oxygen atoms in total. The maximum absolute atomic E-state index is 11.9. The summed E-state index contributed by atoms with van der Waals surface area (Å²) >= 11 is 1.45. The van der Waals surface area contributed by atoms with E-state index in [1.165, 1.54) is 11.3 Å². The van der Waals surface area contributed by atoms with Gasteiger partial charge < -0.3 is 5.73 Å². The van der Waals surface area contributed by atoms with Gasteiger partial charge in [0.25, 0.3) is 0 Å². The highest BCUT2D eigenvalue weighted by molar-refractivity contribution is 7.12. The maximum Gasteiger partial charge on any atom is 0.389 e. The molecule has 0 bridgehead atoms. The van der Waals surface area contributed by atoms with Gasteiger partial charge in [0.1, 0.15) is 0 Å². The summed E-state index contributed by atoms with van der Waals surface area (Å²) in [6, 6.07) is 3.17. The van der Waals surface area contributed by atoms with Crippen molar-refractivity contribution in [2.75, 3.05) is 0 Å². The van der Waals surface area contributed by atoms with Gasteiger partial charge in [-0.15, -0.1) is 23.7 Å². The lowest BCUT2D eigenvalue weighted by Crippen LogP contribution is -2.14. The third kappa shape index (κ3) is 5.39. The van der Waals surface area contributed by atoms with Gasteiger partial charge in [-0.3, -0.25) is 0 Å². The minimum atomic E-state index is -4.11. The van der Waals surface area contributed by atoms with Gasteiger partial charge in [-0.25, -0.2) is 0 Å². The first-order chi connectivity index (χ1) is 6.38. The van der Waals surface area contributed by atoms with E-state index in [0.29, 0.717) is 0 Å². The zero-order chi connectivity index (χ0) is 10.8. The zero-order valence-electron chi connectivity index (χ0n) is 8.17. The van der Waals surface area contributed by atoms with Gasteiger partial charge in [0, 0.05) is 22.2 Å². The second kappa shape index (κ2) is 5.72. The van der Waals surface area contributed by atoms with E-state index in [2.05, 4.69) is 0 Å². The Morgan fingerprint density at radius 1 is 1.40 bits per heavy atom. The Bertz CT molecular complexity index is 298. The number of nitrogens with two attached hydrogens (primary N) is 1. The van der Waals surface area contributed by atoms with E-state index in [1.54, 1.807) is 6.07 Å². The Morgan fingerprint density at radius 3 is 2.40 bits per heavy atom. The molecular weight excluding hydrogens is 247 g/mol. The zero-order valence-corrected chi connectivity index (χ0v) is 9.81. The van der Waals surface area contributed by atoms with Crippen molar-refractivity contribution in [3.63, 3.8) is 0 Å². The van der Waals surface area contributed by atoms with E-state index >= 15 is 0 Å². The first-order valence-electron chi connectivity index (χ1n) is 4.27. The molecule has 0 aliphatic heterocycles. The molecule has 6 heteroatoms. The van der Waals surface area contributed by atoms with Gasteiger partial charge in [-0.05, 0) is 25.5 Å². The SMILES string of the molecule is Cc1ccc([C@@H](N)CCC(F)(F)F)s1.Cl. The molecule has 15 heavy (non-hydrogen) atoms. The molecule has 1 rings (SSSR count). The highest BCUT2D eigenvalue weighted by atomic mass is 35.5. The summed E-state index contributed by atoms with van der Waals surface area (Å²) in [4.78, 5) is 1.90. The molecule has 0 radical (unpaired) electrons. The molecule has 0 saturated heterocycles. The van der Waals surface area contributed by atoms with Crippen molar-refractivity contribution in [2.24, 2.45) is 5.73 Å². The van der Waals surface area contributed by atoms with Crippen molar-refractivity contribution in [1.29, 1.82) is 0 Å². The van der Waals surface area contributed by atoms with Gasteiger partial charge in [0.15, 0.2) is 0 Å². The normalized spacial score (nSPS) is 13.4. The molecule has 0 aliphatic carbocycles. The standard InChI is InChI=1S/C9H12F3NS.ClH/c1-6-2-3-8(14-6)7(13)4-5-9(10,11)12;/h2-3,7H,4-5,13H2,1H3;1H/t7-;/m0./s1. The summed E-state index contributed by atoms with van der Waals surface area (Å²) in [6.45, 7) is 1.91. The number of aryl methyl sites for hydroxylation is 1. The smallest absolute Gasteiger partial charge is 0.323 e. The van der Waals surface area contributed by atoms with Gasteiger partial charge in [0.05, 0.1) is 0 Å². The van der Waals surface area contributed by atoms with E-state index in [1.807, 2.05) is 13.0 Å². The minimum absolute atomic E-state index is 0. The average Bonchev–Trinajstić information content (AvgIpc) is 2.46. The Kier molecular flexibility index (Phi) is 5.62. The van der Waals surface area contributed by atoms with Crippen LogP contribution in [0.4, 0.5) is 13.2 Å². The lowest BCUT2D eigenvalue weighted by Gasteiger charge is -2.11. The van der Waals surface area contributed by atoms with E-state index in [4.69, 9.17) is 5.73 Å². The third-order valence-corrected chi connectivity index (χ3v) is 3.00. The summed E-state index contributed by atoms with van der Waals surface area (Å²) in [7, 11) is 0. The Hall–Kier alpha value is -0.260. The van der Waals surface area contributed by atoms with Crippen LogP contribution in [0.3, 0.4) is 0 Å². The van der Waals surface area contributed by atoms with E-state index < -0.39 is 18.6 Å². The van der Waals surface area contributed by atoms with Crippen molar-refractivity contribution in [1.82, 2.24) is 0 Å². The van der Waals surface area contributed by atoms with Crippen LogP contribution in [0.2, 0.25) is 0 Å². The average molecular weight is 260 g/mol. The number of rotatable bonds is 3. The number of halogens is 4. The fraction of sp³-hybridized carbons (Fsp3) is 0.556. The van der Waals surface area contributed by atoms with Crippen LogP contribution in [0.25, 0.3) is 0 Å². The topological polar surface area (TPSA) is 26.0 Å². The van der Waals surface area contributed by atoms with Gasteiger partial charge >= 0.3 is 6.18 Å².